The molecule has 0 unspecified atom stereocenters. The molecule has 2 nitrogen and oxygen atoms in total. The van der Waals surface area contributed by atoms with E-state index < -0.39 is 5.97 Å². The first kappa shape index (κ1) is 7.21. The van der Waals surface area contributed by atoms with E-state index in [0.717, 1.165) is 5.57 Å². The van der Waals surface area contributed by atoms with Gasteiger partial charge in [0.15, 0.2) is 0 Å². The molecule has 2 heteroatoms. The van der Waals surface area contributed by atoms with Crippen molar-refractivity contribution < 1.29 is 9.90 Å². The molecule has 0 aromatic carbocycles. The van der Waals surface area contributed by atoms with Crippen LogP contribution in [0.3, 0.4) is 0 Å². The van der Waals surface area contributed by atoms with Crippen molar-refractivity contribution >= 4 is 5.97 Å². The van der Waals surface area contributed by atoms with Gasteiger partial charge in [-0.05, 0) is 13.8 Å². The summed E-state index contributed by atoms with van der Waals surface area (Å²) in [7, 11) is 0. The topological polar surface area (TPSA) is 37.3 Å². The van der Waals surface area contributed by atoms with Crippen LogP contribution in [0.15, 0.2) is 11.6 Å². The molecule has 0 aliphatic heterocycles. The third-order valence-corrected chi connectivity index (χ3v) is 0.923. The van der Waals surface area contributed by atoms with E-state index in [4.69, 9.17) is 5.11 Å². The molecule has 0 aliphatic rings. The van der Waals surface area contributed by atoms with Crippen molar-refractivity contribution in [3.05, 3.63) is 11.6 Å². The molecule has 0 amide bonds. The van der Waals surface area contributed by atoms with Gasteiger partial charge in [-0.3, -0.25) is 4.79 Å². The molecule has 0 saturated heterocycles. The van der Waals surface area contributed by atoms with Crippen LogP contribution in [0.25, 0.3) is 0 Å². The van der Waals surface area contributed by atoms with E-state index >= 15 is 0 Å². The number of allylic oxidation sites excluding steroid dienone is 1. The normalized spacial score (nSPS) is 11.5. The Morgan fingerprint density at radius 3 is 2.38 bits per heavy atom. The van der Waals surface area contributed by atoms with E-state index in [-0.39, 0.29) is 6.42 Å². The van der Waals surface area contributed by atoms with Crippen molar-refractivity contribution in [3.8, 4) is 0 Å². The van der Waals surface area contributed by atoms with Crippen LogP contribution in [0, 0.1) is 0 Å². The van der Waals surface area contributed by atoms with E-state index in [9.17, 15) is 4.79 Å². The van der Waals surface area contributed by atoms with Crippen molar-refractivity contribution in [3.63, 3.8) is 0 Å². The van der Waals surface area contributed by atoms with Gasteiger partial charge in [0.1, 0.15) is 0 Å². The average Bonchev–Trinajstić information content (AvgIpc) is 1.65. The van der Waals surface area contributed by atoms with E-state index in [1.54, 1.807) is 13.0 Å². The van der Waals surface area contributed by atoms with Crippen LogP contribution in [0.5, 0.6) is 0 Å². The van der Waals surface area contributed by atoms with Crippen LogP contribution < -0.4 is 0 Å². The average molecular weight is 114 g/mol. The monoisotopic (exact) mass is 114 g/mol. The number of aliphatic carboxylic acids is 1. The van der Waals surface area contributed by atoms with Gasteiger partial charge in [0.05, 0.1) is 6.42 Å². The number of hydrogen-bond acceptors (Lipinski definition) is 1. The van der Waals surface area contributed by atoms with Crippen LogP contribution in [0.2, 0.25) is 0 Å². The SMILES string of the molecule is C/C=C(/C)CC(=O)O. The Balaban J connectivity index is 3.56. The second kappa shape index (κ2) is 3.24. The van der Waals surface area contributed by atoms with Gasteiger partial charge in [-0.25, -0.2) is 0 Å². The predicted octanol–water partition coefficient (Wildman–Crippen LogP) is 1.43. The third kappa shape index (κ3) is 3.40. The van der Waals surface area contributed by atoms with Gasteiger partial charge in [-0.1, -0.05) is 11.6 Å². The molecule has 0 aliphatic carbocycles. The highest BCUT2D eigenvalue weighted by molar-refractivity contribution is 5.69. The maximum absolute atomic E-state index is 9.93. The van der Waals surface area contributed by atoms with Gasteiger partial charge in [0.2, 0.25) is 0 Å². The Hall–Kier alpha value is -0.790. The molecule has 0 atom stereocenters. The van der Waals surface area contributed by atoms with Crippen LogP contribution in [-0.2, 0) is 4.79 Å². The van der Waals surface area contributed by atoms with Crippen molar-refractivity contribution in [2.24, 2.45) is 0 Å². The Bertz CT molecular complexity index is 114. The smallest absolute Gasteiger partial charge is 0.307 e. The Morgan fingerprint density at radius 2 is 2.25 bits per heavy atom. The second-order valence-corrected chi connectivity index (χ2v) is 1.71. The Kier molecular flexibility index (Phi) is 2.92. The summed E-state index contributed by atoms with van der Waals surface area (Å²) in [6.07, 6.45) is 1.96. The van der Waals surface area contributed by atoms with Gasteiger partial charge in [0.25, 0.3) is 0 Å². The maximum Gasteiger partial charge on any atom is 0.307 e. The molecule has 0 aromatic heterocycles. The van der Waals surface area contributed by atoms with Gasteiger partial charge < -0.3 is 5.11 Å². The van der Waals surface area contributed by atoms with Crippen molar-refractivity contribution in [2.45, 2.75) is 20.3 Å². The van der Waals surface area contributed by atoms with Crippen molar-refractivity contribution in [1.82, 2.24) is 0 Å². The Labute approximate surface area is 48.8 Å². The fraction of sp³-hybridized carbons (Fsp3) is 0.500. The summed E-state index contributed by atoms with van der Waals surface area (Å²) in [5.74, 6) is -0.763. The Morgan fingerprint density at radius 1 is 1.75 bits per heavy atom. The summed E-state index contributed by atoms with van der Waals surface area (Å²) >= 11 is 0. The molecule has 8 heavy (non-hydrogen) atoms. The largest absolute Gasteiger partial charge is 0.481 e. The lowest BCUT2D eigenvalue weighted by Crippen LogP contribution is -1.93. The number of carboxylic acid groups (broad SMARTS) is 1. The number of rotatable bonds is 2. The van der Waals surface area contributed by atoms with Gasteiger partial charge >= 0.3 is 5.97 Å². The first-order chi connectivity index (χ1) is 3.66. The number of carbonyl (C=O) groups is 1. The van der Waals surface area contributed by atoms with E-state index in [0.29, 0.717) is 0 Å². The third-order valence-electron chi connectivity index (χ3n) is 0.923. The minimum Gasteiger partial charge on any atom is -0.481 e. The van der Waals surface area contributed by atoms with Crippen LogP contribution in [0.4, 0.5) is 0 Å². The van der Waals surface area contributed by atoms with E-state index in [2.05, 4.69) is 0 Å². The molecule has 0 spiro atoms. The molecule has 0 bridgehead atoms. The first-order valence-electron chi connectivity index (χ1n) is 2.50. The van der Waals surface area contributed by atoms with Crippen LogP contribution in [-0.4, -0.2) is 11.1 Å². The zero-order valence-electron chi connectivity index (χ0n) is 5.14. The van der Waals surface area contributed by atoms with Gasteiger partial charge in [-0.15, -0.1) is 0 Å². The van der Waals surface area contributed by atoms with Crippen molar-refractivity contribution in [1.29, 1.82) is 0 Å². The fourth-order valence-corrected chi connectivity index (χ4v) is 0.341. The minimum absolute atomic E-state index is 0.163. The van der Waals surface area contributed by atoms with Gasteiger partial charge in [-0.2, -0.15) is 0 Å². The summed E-state index contributed by atoms with van der Waals surface area (Å²) in [4.78, 5) is 9.93. The van der Waals surface area contributed by atoms with E-state index in [1.165, 1.54) is 0 Å². The number of hydrogen-bond donors (Lipinski definition) is 1. The highest BCUT2D eigenvalue weighted by Gasteiger charge is 1.94. The van der Waals surface area contributed by atoms with Gasteiger partial charge in [0, 0.05) is 0 Å². The molecule has 0 rings (SSSR count). The molecule has 46 valence electrons. The molecule has 0 fully saturated rings. The summed E-state index contributed by atoms with van der Waals surface area (Å²) in [6.45, 7) is 3.63. The molecule has 0 heterocycles. The first-order valence-corrected chi connectivity index (χ1v) is 2.50. The molecule has 0 saturated carbocycles. The minimum atomic E-state index is -0.763. The van der Waals surface area contributed by atoms with Crippen LogP contribution in [0.1, 0.15) is 20.3 Å². The molecule has 1 N–H and O–H groups in total. The lowest BCUT2D eigenvalue weighted by atomic mass is 10.2. The lowest BCUT2D eigenvalue weighted by molar-refractivity contribution is -0.136. The van der Waals surface area contributed by atoms with Crippen LogP contribution >= 0.6 is 0 Å². The van der Waals surface area contributed by atoms with Crippen molar-refractivity contribution in [2.75, 3.05) is 0 Å². The summed E-state index contributed by atoms with van der Waals surface area (Å²) < 4.78 is 0. The fourth-order valence-electron chi connectivity index (χ4n) is 0.341. The maximum atomic E-state index is 9.93. The molecular weight excluding hydrogens is 104 g/mol. The highest BCUT2D eigenvalue weighted by atomic mass is 16.4. The summed E-state index contributed by atoms with van der Waals surface area (Å²) in [5, 5.41) is 8.17. The second-order valence-electron chi connectivity index (χ2n) is 1.71. The predicted molar refractivity (Wildman–Crippen MR) is 31.7 cm³/mol. The lowest BCUT2D eigenvalue weighted by Gasteiger charge is -1.89. The summed E-state index contributed by atoms with van der Waals surface area (Å²) in [6, 6.07) is 0. The zero-order valence-corrected chi connectivity index (χ0v) is 5.14. The molecule has 0 radical (unpaired) electrons. The summed E-state index contributed by atoms with van der Waals surface area (Å²) in [5.41, 5.74) is 0.900. The standard InChI is InChI=1S/C6H10O2/c1-3-5(2)4-6(7)8/h3H,4H2,1-2H3,(H,7,8)/b5-3-. The highest BCUT2D eigenvalue weighted by Crippen LogP contribution is 1.96. The molecule has 0 aromatic rings. The zero-order chi connectivity index (χ0) is 6.57. The number of carboxylic acids is 1. The quantitative estimate of drug-likeness (QED) is 0.551. The molecular formula is C6H10O2. The van der Waals surface area contributed by atoms with E-state index in [1.807, 2.05) is 6.92 Å².